The van der Waals surface area contributed by atoms with Crippen molar-refractivity contribution >= 4 is 18.3 Å². The molecule has 96 valence electrons. The van der Waals surface area contributed by atoms with Gasteiger partial charge >= 0.3 is 0 Å². The molecular weight excluding hydrogens is 236 g/mol. The second kappa shape index (κ2) is 7.30. The van der Waals surface area contributed by atoms with E-state index in [4.69, 9.17) is 5.73 Å². The highest BCUT2D eigenvalue weighted by molar-refractivity contribution is 5.94. The molecule has 0 aromatic heterocycles. The molecule has 1 amide bonds. The van der Waals surface area contributed by atoms with Crippen molar-refractivity contribution in [1.82, 2.24) is 5.32 Å². The minimum Gasteiger partial charge on any atom is -0.348 e. The average Bonchev–Trinajstić information content (AvgIpc) is 2.28. The minimum atomic E-state index is -0.0618. The van der Waals surface area contributed by atoms with Crippen LogP contribution in [0.4, 0.5) is 0 Å². The van der Waals surface area contributed by atoms with E-state index in [-0.39, 0.29) is 24.4 Å². The van der Waals surface area contributed by atoms with Crippen LogP contribution in [-0.2, 0) is 0 Å². The normalized spacial score (nSPS) is 11.8. The summed E-state index contributed by atoms with van der Waals surface area (Å²) >= 11 is 0. The van der Waals surface area contributed by atoms with Gasteiger partial charge in [0, 0.05) is 18.2 Å². The van der Waals surface area contributed by atoms with Crippen LogP contribution in [0.3, 0.4) is 0 Å². The molecule has 0 saturated heterocycles. The highest BCUT2D eigenvalue weighted by atomic mass is 35.5. The second-order valence-corrected chi connectivity index (χ2v) is 4.39. The van der Waals surface area contributed by atoms with Crippen LogP contribution in [0.15, 0.2) is 24.3 Å². The fourth-order valence-corrected chi connectivity index (χ4v) is 1.39. The summed E-state index contributed by atoms with van der Waals surface area (Å²) in [6, 6.07) is 7.71. The van der Waals surface area contributed by atoms with Gasteiger partial charge in [0.15, 0.2) is 0 Å². The van der Waals surface area contributed by atoms with E-state index in [0.29, 0.717) is 18.0 Å². The molecule has 17 heavy (non-hydrogen) atoms. The first-order valence-electron chi connectivity index (χ1n) is 5.65. The number of nitrogens with two attached hydrogens (primary N) is 1. The number of amides is 1. The number of rotatable bonds is 4. The Bertz CT molecular complexity index is 349. The zero-order valence-corrected chi connectivity index (χ0v) is 11.4. The number of carbonyl (C=O) groups excluding carboxylic acids is 1. The van der Waals surface area contributed by atoms with Crippen molar-refractivity contribution in [2.45, 2.75) is 32.7 Å². The van der Waals surface area contributed by atoms with Crippen LogP contribution in [-0.4, -0.2) is 18.5 Å². The van der Waals surface area contributed by atoms with Crippen molar-refractivity contribution in [2.24, 2.45) is 5.73 Å². The topological polar surface area (TPSA) is 55.1 Å². The molecule has 0 spiro atoms. The number of halogens is 1. The monoisotopic (exact) mass is 256 g/mol. The molecule has 3 nitrogen and oxygen atoms in total. The zero-order valence-electron chi connectivity index (χ0n) is 10.6. The number of hydrogen-bond acceptors (Lipinski definition) is 2. The predicted octanol–water partition coefficient (Wildman–Crippen LogP) is 2.31. The Hall–Kier alpha value is -1.06. The second-order valence-electron chi connectivity index (χ2n) is 4.39. The Morgan fingerprint density at radius 3 is 2.18 bits per heavy atom. The third-order valence-corrected chi connectivity index (χ3v) is 2.57. The molecular formula is C13H21ClN2O. The van der Waals surface area contributed by atoms with Crippen LogP contribution in [0.5, 0.6) is 0 Å². The number of carbonyl (C=O) groups is 1. The first-order chi connectivity index (χ1) is 7.54. The van der Waals surface area contributed by atoms with Gasteiger partial charge in [-0.05, 0) is 30.5 Å². The maximum atomic E-state index is 11.7. The molecule has 3 N–H and O–H groups in total. The van der Waals surface area contributed by atoms with Gasteiger partial charge in [-0.2, -0.15) is 0 Å². The fraction of sp³-hybridized carbons (Fsp3) is 0.462. The number of hydrogen-bond donors (Lipinski definition) is 2. The molecule has 0 heterocycles. The lowest BCUT2D eigenvalue weighted by molar-refractivity contribution is 0.0941. The van der Waals surface area contributed by atoms with Gasteiger partial charge < -0.3 is 11.1 Å². The molecule has 0 radical (unpaired) electrons. The minimum absolute atomic E-state index is 0. The molecule has 0 saturated carbocycles. The van der Waals surface area contributed by atoms with Crippen LogP contribution >= 0.6 is 12.4 Å². The lowest BCUT2D eigenvalue weighted by Gasteiger charge is -2.12. The van der Waals surface area contributed by atoms with Gasteiger partial charge in [-0.15, -0.1) is 12.4 Å². The maximum Gasteiger partial charge on any atom is 0.251 e. The van der Waals surface area contributed by atoms with E-state index in [1.807, 2.05) is 31.2 Å². The Labute approximate surface area is 109 Å². The third-order valence-electron chi connectivity index (χ3n) is 2.57. The SMILES string of the molecule is CC(C)c1ccc(C(=O)N[C@H](C)CN)cc1.Cl. The molecule has 0 unspecified atom stereocenters. The van der Waals surface area contributed by atoms with Crippen molar-refractivity contribution < 1.29 is 4.79 Å². The maximum absolute atomic E-state index is 11.7. The first-order valence-corrected chi connectivity index (χ1v) is 5.65. The summed E-state index contributed by atoms with van der Waals surface area (Å²) in [5.41, 5.74) is 7.37. The lowest BCUT2D eigenvalue weighted by Crippen LogP contribution is -2.37. The number of nitrogens with one attached hydrogen (secondary N) is 1. The summed E-state index contributed by atoms with van der Waals surface area (Å²) in [7, 11) is 0. The Kier molecular flexibility index (Phi) is 6.85. The average molecular weight is 257 g/mol. The smallest absolute Gasteiger partial charge is 0.251 e. The molecule has 0 aliphatic carbocycles. The Morgan fingerprint density at radius 1 is 1.24 bits per heavy atom. The van der Waals surface area contributed by atoms with E-state index in [1.165, 1.54) is 5.56 Å². The molecule has 1 rings (SSSR count). The zero-order chi connectivity index (χ0) is 12.1. The first kappa shape index (κ1) is 15.9. The summed E-state index contributed by atoms with van der Waals surface area (Å²) in [4.78, 5) is 11.7. The molecule has 0 aliphatic rings. The van der Waals surface area contributed by atoms with Crippen LogP contribution in [0.2, 0.25) is 0 Å². The van der Waals surface area contributed by atoms with Gasteiger partial charge in [0.25, 0.3) is 5.91 Å². The van der Waals surface area contributed by atoms with Crippen molar-refractivity contribution in [2.75, 3.05) is 6.54 Å². The van der Waals surface area contributed by atoms with Gasteiger partial charge in [0.1, 0.15) is 0 Å². The molecule has 4 heteroatoms. The van der Waals surface area contributed by atoms with Crippen LogP contribution in [0, 0.1) is 0 Å². The van der Waals surface area contributed by atoms with Crippen molar-refractivity contribution in [1.29, 1.82) is 0 Å². The van der Waals surface area contributed by atoms with Gasteiger partial charge in [-0.25, -0.2) is 0 Å². The summed E-state index contributed by atoms with van der Waals surface area (Å²) < 4.78 is 0. The molecule has 1 aromatic rings. The number of benzene rings is 1. The largest absolute Gasteiger partial charge is 0.348 e. The van der Waals surface area contributed by atoms with Gasteiger partial charge in [0.2, 0.25) is 0 Å². The standard InChI is InChI=1S/C13H20N2O.ClH/c1-9(2)11-4-6-12(7-5-11)13(16)15-10(3)8-14;/h4-7,9-10H,8,14H2,1-3H3,(H,15,16);1H/t10-;/m1./s1. The van der Waals surface area contributed by atoms with Crippen molar-refractivity contribution in [3.8, 4) is 0 Å². The summed E-state index contributed by atoms with van der Waals surface area (Å²) in [5.74, 6) is 0.424. The molecule has 0 aliphatic heterocycles. The third kappa shape index (κ3) is 4.75. The lowest BCUT2D eigenvalue weighted by atomic mass is 10.0. The van der Waals surface area contributed by atoms with Crippen LogP contribution in [0.1, 0.15) is 42.6 Å². The van der Waals surface area contributed by atoms with E-state index in [0.717, 1.165) is 0 Å². The Morgan fingerprint density at radius 2 is 1.76 bits per heavy atom. The summed E-state index contributed by atoms with van der Waals surface area (Å²) in [5, 5.41) is 2.83. The van der Waals surface area contributed by atoms with E-state index in [2.05, 4.69) is 19.2 Å². The quantitative estimate of drug-likeness (QED) is 0.869. The van der Waals surface area contributed by atoms with Crippen LogP contribution in [0.25, 0.3) is 0 Å². The van der Waals surface area contributed by atoms with Crippen molar-refractivity contribution in [3.05, 3.63) is 35.4 Å². The molecule has 0 bridgehead atoms. The van der Waals surface area contributed by atoms with Gasteiger partial charge in [-0.1, -0.05) is 26.0 Å². The fourth-order valence-electron chi connectivity index (χ4n) is 1.39. The van der Waals surface area contributed by atoms with Gasteiger partial charge in [-0.3, -0.25) is 4.79 Å². The van der Waals surface area contributed by atoms with Crippen LogP contribution < -0.4 is 11.1 Å². The van der Waals surface area contributed by atoms with E-state index < -0.39 is 0 Å². The van der Waals surface area contributed by atoms with E-state index >= 15 is 0 Å². The molecule has 0 fully saturated rings. The summed E-state index contributed by atoms with van der Waals surface area (Å²) in [6.45, 7) is 6.60. The highest BCUT2D eigenvalue weighted by Crippen LogP contribution is 2.14. The molecule has 1 aromatic carbocycles. The van der Waals surface area contributed by atoms with E-state index in [1.54, 1.807) is 0 Å². The molecule has 1 atom stereocenters. The van der Waals surface area contributed by atoms with Crippen molar-refractivity contribution in [3.63, 3.8) is 0 Å². The highest BCUT2D eigenvalue weighted by Gasteiger charge is 2.08. The predicted molar refractivity (Wildman–Crippen MR) is 73.8 cm³/mol. The Balaban J connectivity index is 0.00000256. The summed E-state index contributed by atoms with van der Waals surface area (Å²) in [6.07, 6.45) is 0. The van der Waals surface area contributed by atoms with Gasteiger partial charge in [0.05, 0.1) is 0 Å². The van der Waals surface area contributed by atoms with E-state index in [9.17, 15) is 4.79 Å².